The Kier molecular flexibility index (Phi) is 4.45. The van der Waals surface area contributed by atoms with Crippen LogP contribution >= 0.6 is 0 Å². The van der Waals surface area contributed by atoms with Gasteiger partial charge in [-0.15, -0.1) is 0 Å². The number of carbonyl (C=O) groups excluding carboxylic acids is 1. The smallest absolute Gasteiger partial charge is 0.331 e. The molecule has 0 aliphatic carbocycles. The molecule has 21 heavy (non-hydrogen) atoms. The SMILES string of the molecule is Cc1ccc(C(C(=O)O)N2CC(CN=[N+]=[N-])CC2=O)cc1. The van der Waals surface area contributed by atoms with Crippen molar-refractivity contribution >= 4 is 11.9 Å². The van der Waals surface area contributed by atoms with Gasteiger partial charge in [-0.25, -0.2) is 4.79 Å². The molecule has 1 aromatic carbocycles. The molecule has 7 nitrogen and oxygen atoms in total. The maximum Gasteiger partial charge on any atom is 0.331 e. The van der Waals surface area contributed by atoms with E-state index in [4.69, 9.17) is 5.53 Å². The van der Waals surface area contributed by atoms with Gasteiger partial charge in [-0.3, -0.25) is 4.79 Å². The Labute approximate surface area is 121 Å². The number of hydrogen-bond donors (Lipinski definition) is 1. The van der Waals surface area contributed by atoms with E-state index in [2.05, 4.69) is 10.0 Å². The third kappa shape index (κ3) is 3.32. The molecule has 1 N–H and O–H groups in total. The predicted octanol–water partition coefficient (Wildman–Crippen LogP) is 2.28. The summed E-state index contributed by atoms with van der Waals surface area (Å²) in [6.07, 6.45) is 0.217. The lowest BCUT2D eigenvalue weighted by Crippen LogP contribution is -2.35. The van der Waals surface area contributed by atoms with Gasteiger partial charge >= 0.3 is 5.97 Å². The van der Waals surface area contributed by atoms with Crippen LogP contribution in [0.25, 0.3) is 10.4 Å². The van der Waals surface area contributed by atoms with Crippen LogP contribution in [-0.4, -0.2) is 35.0 Å². The van der Waals surface area contributed by atoms with E-state index in [1.807, 2.05) is 19.1 Å². The van der Waals surface area contributed by atoms with Crippen molar-refractivity contribution in [2.45, 2.75) is 19.4 Å². The first-order valence-electron chi connectivity index (χ1n) is 6.62. The van der Waals surface area contributed by atoms with Gasteiger partial charge in [0.1, 0.15) is 0 Å². The lowest BCUT2D eigenvalue weighted by atomic mass is 10.0. The molecule has 1 fully saturated rings. The number of rotatable bonds is 5. The summed E-state index contributed by atoms with van der Waals surface area (Å²) < 4.78 is 0. The molecule has 0 saturated carbocycles. The summed E-state index contributed by atoms with van der Waals surface area (Å²) in [5, 5.41) is 12.9. The minimum atomic E-state index is -1.06. The van der Waals surface area contributed by atoms with E-state index < -0.39 is 12.0 Å². The van der Waals surface area contributed by atoms with Crippen LogP contribution < -0.4 is 0 Å². The fraction of sp³-hybridized carbons (Fsp3) is 0.429. The Morgan fingerprint density at radius 3 is 2.76 bits per heavy atom. The first-order valence-corrected chi connectivity index (χ1v) is 6.62. The molecular formula is C14H16N4O3. The summed E-state index contributed by atoms with van der Waals surface area (Å²) in [5.74, 6) is -1.40. The minimum Gasteiger partial charge on any atom is -0.479 e. The van der Waals surface area contributed by atoms with Gasteiger partial charge in [-0.2, -0.15) is 0 Å². The van der Waals surface area contributed by atoms with Gasteiger partial charge in [-0.05, 0) is 23.9 Å². The first-order chi connectivity index (χ1) is 10.0. The minimum absolute atomic E-state index is 0.124. The molecule has 1 heterocycles. The maximum absolute atomic E-state index is 12.1. The fourth-order valence-corrected chi connectivity index (χ4v) is 2.54. The fourth-order valence-electron chi connectivity index (χ4n) is 2.54. The summed E-state index contributed by atoms with van der Waals surface area (Å²) >= 11 is 0. The van der Waals surface area contributed by atoms with Gasteiger partial charge in [0.05, 0.1) is 0 Å². The number of carboxylic acids is 1. The topological polar surface area (TPSA) is 106 Å². The van der Waals surface area contributed by atoms with Crippen LogP contribution in [0.15, 0.2) is 29.4 Å². The molecule has 0 radical (unpaired) electrons. The van der Waals surface area contributed by atoms with Crippen molar-refractivity contribution in [3.63, 3.8) is 0 Å². The molecule has 1 aliphatic heterocycles. The van der Waals surface area contributed by atoms with Gasteiger partial charge < -0.3 is 10.0 Å². The van der Waals surface area contributed by atoms with Crippen molar-refractivity contribution in [1.29, 1.82) is 0 Å². The number of carboxylic acid groups (broad SMARTS) is 1. The molecule has 1 aliphatic rings. The number of aryl methyl sites for hydroxylation is 1. The highest BCUT2D eigenvalue weighted by atomic mass is 16.4. The van der Waals surface area contributed by atoms with Gasteiger partial charge in [0.25, 0.3) is 0 Å². The highest BCUT2D eigenvalue weighted by molar-refractivity contribution is 5.86. The zero-order valence-corrected chi connectivity index (χ0v) is 11.6. The van der Waals surface area contributed by atoms with Crippen LogP contribution in [0.2, 0.25) is 0 Å². The van der Waals surface area contributed by atoms with Crippen molar-refractivity contribution in [3.05, 3.63) is 45.8 Å². The first kappa shape index (κ1) is 14.9. The number of benzene rings is 1. The molecule has 2 unspecified atom stereocenters. The lowest BCUT2D eigenvalue weighted by molar-refractivity contribution is -0.148. The molecule has 2 atom stereocenters. The second-order valence-electron chi connectivity index (χ2n) is 5.18. The van der Waals surface area contributed by atoms with E-state index >= 15 is 0 Å². The zero-order valence-electron chi connectivity index (χ0n) is 11.6. The summed E-state index contributed by atoms with van der Waals surface area (Å²) in [7, 11) is 0. The Hall–Kier alpha value is -2.53. The number of hydrogen-bond acceptors (Lipinski definition) is 3. The average Bonchev–Trinajstić information content (AvgIpc) is 2.80. The largest absolute Gasteiger partial charge is 0.479 e. The van der Waals surface area contributed by atoms with E-state index in [0.29, 0.717) is 12.1 Å². The number of azide groups is 1. The van der Waals surface area contributed by atoms with Crippen LogP contribution in [0.3, 0.4) is 0 Å². The van der Waals surface area contributed by atoms with Crippen LogP contribution in [0, 0.1) is 12.8 Å². The van der Waals surface area contributed by atoms with E-state index in [1.165, 1.54) is 4.90 Å². The van der Waals surface area contributed by atoms with Crippen molar-refractivity contribution in [2.24, 2.45) is 11.0 Å². The van der Waals surface area contributed by atoms with E-state index in [9.17, 15) is 14.7 Å². The Bertz CT molecular complexity index is 593. The standard InChI is InChI=1S/C14H16N4O3/c1-9-2-4-11(5-3-9)13(14(20)21)18-8-10(6-12(18)19)7-16-17-15/h2-5,10,13H,6-8H2,1H3,(H,20,21). The Morgan fingerprint density at radius 1 is 1.52 bits per heavy atom. The van der Waals surface area contributed by atoms with Crippen molar-refractivity contribution in [2.75, 3.05) is 13.1 Å². The molecule has 1 aromatic rings. The second kappa shape index (κ2) is 6.28. The predicted molar refractivity (Wildman–Crippen MR) is 75.4 cm³/mol. The lowest BCUT2D eigenvalue weighted by Gasteiger charge is -2.25. The molecule has 0 spiro atoms. The van der Waals surface area contributed by atoms with E-state index in [0.717, 1.165) is 5.56 Å². The average molecular weight is 288 g/mol. The molecule has 0 aromatic heterocycles. The molecule has 110 valence electrons. The highest BCUT2D eigenvalue weighted by Gasteiger charge is 2.38. The molecule has 1 saturated heterocycles. The summed E-state index contributed by atoms with van der Waals surface area (Å²) in [4.78, 5) is 27.7. The zero-order chi connectivity index (χ0) is 15.4. The maximum atomic E-state index is 12.1. The van der Waals surface area contributed by atoms with Crippen molar-refractivity contribution < 1.29 is 14.7 Å². The van der Waals surface area contributed by atoms with Gasteiger partial charge in [0.15, 0.2) is 6.04 Å². The quantitative estimate of drug-likeness (QED) is 0.510. The number of aliphatic carboxylic acids is 1. The van der Waals surface area contributed by atoms with Gasteiger partial charge in [0.2, 0.25) is 5.91 Å². The molecule has 0 bridgehead atoms. The van der Waals surface area contributed by atoms with Gasteiger partial charge in [-0.1, -0.05) is 34.9 Å². The Morgan fingerprint density at radius 2 is 2.19 bits per heavy atom. The van der Waals surface area contributed by atoms with E-state index in [1.54, 1.807) is 12.1 Å². The van der Waals surface area contributed by atoms with Crippen LogP contribution in [0.4, 0.5) is 0 Å². The molecule has 7 heteroatoms. The third-order valence-electron chi connectivity index (χ3n) is 3.58. The van der Waals surface area contributed by atoms with Crippen LogP contribution in [0.1, 0.15) is 23.6 Å². The number of nitrogens with zero attached hydrogens (tertiary/aromatic N) is 4. The molecule has 1 amide bonds. The number of likely N-dealkylation sites (tertiary alicyclic amines) is 1. The summed E-state index contributed by atoms with van der Waals surface area (Å²) in [6, 6.07) is 6.10. The number of carbonyl (C=O) groups is 2. The van der Waals surface area contributed by atoms with Crippen LogP contribution in [-0.2, 0) is 9.59 Å². The third-order valence-corrected chi connectivity index (χ3v) is 3.58. The Balaban J connectivity index is 2.23. The van der Waals surface area contributed by atoms with Crippen molar-refractivity contribution in [1.82, 2.24) is 4.90 Å². The van der Waals surface area contributed by atoms with Crippen LogP contribution in [0.5, 0.6) is 0 Å². The van der Waals surface area contributed by atoms with Crippen molar-refractivity contribution in [3.8, 4) is 0 Å². The summed E-state index contributed by atoms with van der Waals surface area (Å²) in [5.41, 5.74) is 9.93. The molecular weight excluding hydrogens is 272 g/mol. The monoisotopic (exact) mass is 288 g/mol. The highest BCUT2D eigenvalue weighted by Crippen LogP contribution is 2.29. The normalized spacial score (nSPS) is 19.2. The molecule has 2 rings (SSSR count). The summed E-state index contributed by atoms with van der Waals surface area (Å²) in [6.45, 7) is 2.41. The van der Waals surface area contributed by atoms with E-state index in [-0.39, 0.29) is 24.8 Å². The number of amides is 1. The second-order valence-corrected chi connectivity index (χ2v) is 5.18. The van der Waals surface area contributed by atoms with Gasteiger partial charge in [0, 0.05) is 24.4 Å².